The van der Waals surface area contributed by atoms with Gasteiger partial charge in [-0.2, -0.15) is 0 Å². The summed E-state index contributed by atoms with van der Waals surface area (Å²) in [6.45, 7) is 1.42. The Kier molecular flexibility index (Phi) is 5.94. The average molecular weight is 328 g/mol. The standard InChI is InChI=1S/C16H20N6O2/c1-11(24)21-15-9-19-14(8-20-15)7-4-12-2-5-13(6-3-12)16(17)22(18)10-23/h2-3,5-6,8-10,16H,4,7,17-18H2,1H3,(H,20,21,24). The van der Waals surface area contributed by atoms with Crippen LogP contribution in [0, 0.1) is 0 Å². The molecule has 0 fully saturated rings. The molecule has 1 aromatic heterocycles. The first kappa shape index (κ1) is 17.5. The van der Waals surface area contributed by atoms with Gasteiger partial charge in [0.1, 0.15) is 6.17 Å². The predicted octanol–water partition coefficient (Wildman–Crippen LogP) is 0.510. The zero-order valence-electron chi connectivity index (χ0n) is 13.3. The SMILES string of the molecule is CC(=O)Nc1cnc(CCc2ccc(C(N)N(N)C=O)cc2)cn1. The fourth-order valence-electron chi connectivity index (χ4n) is 2.12. The molecule has 126 valence electrons. The first-order valence-electron chi connectivity index (χ1n) is 7.41. The van der Waals surface area contributed by atoms with E-state index in [1.54, 1.807) is 6.20 Å². The van der Waals surface area contributed by atoms with Gasteiger partial charge in [-0.05, 0) is 24.0 Å². The van der Waals surface area contributed by atoms with Crippen LogP contribution in [0.5, 0.6) is 0 Å². The van der Waals surface area contributed by atoms with Crippen molar-refractivity contribution in [3.63, 3.8) is 0 Å². The van der Waals surface area contributed by atoms with E-state index in [2.05, 4.69) is 15.3 Å². The van der Waals surface area contributed by atoms with Crippen LogP contribution in [0.25, 0.3) is 0 Å². The molecule has 0 saturated carbocycles. The number of hydrogen-bond donors (Lipinski definition) is 3. The molecule has 1 heterocycles. The zero-order chi connectivity index (χ0) is 17.5. The molecule has 0 radical (unpaired) electrons. The van der Waals surface area contributed by atoms with Crippen LogP contribution in [0.2, 0.25) is 0 Å². The quantitative estimate of drug-likeness (QED) is 0.223. The largest absolute Gasteiger partial charge is 0.310 e. The fourth-order valence-corrected chi connectivity index (χ4v) is 2.12. The highest BCUT2D eigenvalue weighted by atomic mass is 16.1. The van der Waals surface area contributed by atoms with Gasteiger partial charge in [-0.25, -0.2) is 10.8 Å². The molecule has 1 unspecified atom stereocenters. The van der Waals surface area contributed by atoms with E-state index < -0.39 is 6.17 Å². The van der Waals surface area contributed by atoms with Crippen LogP contribution < -0.4 is 16.9 Å². The number of anilines is 1. The number of aryl methyl sites for hydroxylation is 2. The van der Waals surface area contributed by atoms with Crippen LogP contribution in [0.15, 0.2) is 36.7 Å². The summed E-state index contributed by atoms with van der Waals surface area (Å²) in [6, 6.07) is 7.56. The maximum atomic E-state index is 10.9. The Morgan fingerprint density at radius 2 is 1.96 bits per heavy atom. The van der Waals surface area contributed by atoms with Crippen LogP contribution in [-0.2, 0) is 22.4 Å². The van der Waals surface area contributed by atoms with Gasteiger partial charge in [0.2, 0.25) is 12.3 Å². The number of aromatic nitrogens is 2. The number of nitrogens with two attached hydrogens (primary N) is 2. The van der Waals surface area contributed by atoms with Crippen molar-refractivity contribution in [2.75, 3.05) is 5.32 Å². The number of rotatable bonds is 7. The van der Waals surface area contributed by atoms with Gasteiger partial charge >= 0.3 is 0 Å². The van der Waals surface area contributed by atoms with Gasteiger partial charge in [0, 0.05) is 6.92 Å². The van der Waals surface area contributed by atoms with Gasteiger partial charge in [0.15, 0.2) is 5.82 Å². The lowest BCUT2D eigenvalue weighted by Gasteiger charge is -2.19. The first-order valence-corrected chi connectivity index (χ1v) is 7.41. The molecule has 5 N–H and O–H groups in total. The first-order chi connectivity index (χ1) is 11.5. The number of carbonyl (C=O) groups is 2. The molecule has 2 amide bonds. The summed E-state index contributed by atoms with van der Waals surface area (Å²) >= 11 is 0. The summed E-state index contributed by atoms with van der Waals surface area (Å²) < 4.78 is 0. The Bertz CT molecular complexity index is 687. The van der Waals surface area contributed by atoms with E-state index in [9.17, 15) is 9.59 Å². The third-order valence-corrected chi connectivity index (χ3v) is 3.44. The molecule has 0 bridgehead atoms. The van der Waals surface area contributed by atoms with Crippen molar-refractivity contribution in [3.8, 4) is 0 Å². The number of nitrogens with one attached hydrogen (secondary N) is 1. The van der Waals surface area contributed by atoms with Gasteiger partial charge < -0.3 is 11.1 Å². The van der Waals surface area contributed by atoms with E-state index in [1.807, 2.05) is 24.3 Å². The van der Waals surface area contributed by atoms with E-state index in [0.717, 1.165) is 34.7 Å². The summed E-state index contributed by atoms with van der Waals surface area (Å²) in [7, 11) is 0. The van der Waals surface area contributed by atoms with E-state index in [-0.39, 0.29) is 5.91 Å². The van der Waals surface area contributed by atoms with Crippen molar-refractivity contribution < 1.29 is 9.59 Å². The Morgan fingerprint density at radius 3 is 2.50 bits per heavy atom. The van der Waals surface area contributed by atoms with Crippen LogP contribution in [0.4, 0.5) is 5.82 Å². The monoisotopic (exact) mass is 328 g/mol. The molecule has 0 saturated heterocycles. The second kappa shape index (κ2) is 8.14. The van der Waals surface area contributed by atoms with Crippen molar-refractivity contribution in [2.24, 2.45) is 11.6 Å². The molecule has 8 nitrogen and oxygen atoms in total. The van der Waals surface area contributed by atoms with Crippen molar-refractivity contribution in [3.05, 3.63) is 53.5 Å². The Labute approximate surface area is 139 Å². The fraction of sp³-hybridized carbons (Fsp3) is 0.250. The van der Waals surface area contributed by atoms with Crippen LogP contribution in [0.1, 0.15) is 29.9 Å². The minimum atomic E-state index is -0.663. The topological polar surface area (TPSA) is 127 Å². The maximum absolute atomic E-state index is 10.9. The summed E-state index contributed by atoms with van der Waals surface area (Å²) in [6.07, 6.45) is 4.51. The van der Waals surface area contributed by atoms with Crippen LogP contribution >= 0.6 is 0 Å². The molecule has 0 aliphatic heterocycles. The second-order valence-corrected chi connectivity index (χ2v) is 5.31. The second-order valence-electron chi connectivity index (χ2n) is 5.31. The van der Waals surface area contributed by atoms with Gasteiger partial charge in [0.05, 0.1) is 18.1 Å². The van der Waals surface area contributed by atoms with E-state index >= 15 is 0 Å². The Morgan fingerprint density at radius 1 is 1.25 bits per heavy atom. The van der Waals surface area contributed by atoms with E-state index in [1.165, 1.54) is 13.1 Å². The molecule has 1 atom stereocenters. The van der Waals surface area contributed by atoms with Gasteiger partial charge in [-0.3, -0.25) is 19.6 Å². The molecule has 2 aromatic rings. The normalized spacial score (nSPS) is 11.6. The van der Waals surface area contributed by atoms with Gasteiger partial charge in [0.25, 0.3) is 0 Å². The minimum absolute atomic E-state index is 0.180. The molecule has 1 aromatic carbocycles. The zero-order valence-corrected chi connectivity index (χ0v) is 13.3. The minimum Gasteiger partial charge on any atom is -0.310 e. The number of hydrazine groups is 1. The van der Waals surface area contributed by atoms with Gasteiger partial charge in [-0.15, -0.1) is 0 Å². The molecular formula is C16H20N6O2. The lowest BCUT2D eigenvalue weighted by atomic mass is 10.0. The van der Waals surface area contributed by atoms with Crippen molar-refractivity contribution in [2.45, 2.75) is 25.9 Å². The maximum Gasteiger partial charge on any atom is 0.225 e. The molecule has 2 rings (SSSR count). The molecule has 24 heavy (non-hydrogen) atoms. The van der Waals surface area contributed by atoms with E-state index in [0.29, 0.717) is 12.2 Å². The highest BCUT2D eigenvalue weighted by Gasteiger charge is 2.10. The number of benzene rings is 1. The van der Waals surface area contributed by atoms with Gasteiger partial charge in [-0.1, -0.05) is 24.3 Å². The third kappa shape index (κ3) is 4.83. The molecule has 0 spiro atoms. The summed E-state index contributed by atoms with van der Waals surface area (Å²) in [5.74, 6) is 5.72. The van der Waals surface area contributed by atoms with Crippen LogP contribution in [0.3, 0.4) is 0 Å². The van der Waals surface area contributed by atoms with Crippen molar-refractivity contribution in [1.82, 2.24) is 15.0 Å². The lowest BCUT2D eigenvalue weighted by Crippen LogP contribution is -2.38. The predicted molar refractivity (Wildman–Crippen MR) is 89.2 cm³/mol. The molecule has 0 aliphatic carbocycles. The summed E-state index contributed by atoms with van der Waals surface area (Å²) in [5, 5.41) is 3.49. The van der Waals surface area contributed by atoms with E-state index in [4.69, 9.17) is 11.6 Å². The summed E-state index contributed by atoms with van der Waals surface area (Å²) in [5.41, 5.74) is 8.53. The van der Waals surface area contributed by atoms with Crippen molar-refractivity contribution >= 4 is 18.1 Å². The third-order valence-electron chi connectivity index (χ3n) is 3.44. The van der Waals surface area contributed by atoms with Crippen molar-refractivity contribution in [1.29, 1.82) is 0 Å². The number of amides is 2. The Balaban J connectivity index is 1.92. The number of nitrogens with zero attached hydrogens (tertiary/aromatic N) is 3. The average Bonchev–Trinajstić information content (AvgIpc) is 2.60. The smallest absolute Gasteiger partial charge is 0.225 e. The summed E-state index contributed by atoms with van der Waals surface area (Å²) in [4.78, 5) is 29.9. The Hall–Kier alpha value is -2.84. The number of carbonyl (C=O) groups excluding carboxylic acids is 2. The highest BCUT2D eigenvalue weighted by molar-refractivity contribution is 5.87. The van der Waals surface area contributed by atoms with Crippen LogP contribution in [-0.4, -0.2) is 27.3 Å². The number of hydrogen-bond acceptors (Lipinski definition) is 6. The molecule has 8 heteroatoms. The molecule has 0 aliphatic rings. The lowest BCUT2D eigenvalue weighted by molar-refractivity contribution is -0.120. The highest BCUT2D eigenvalue weighted by Crippen LogP contribution is 2.14. The molecular weight excluding hydrogens is 308 g/mol.